The molecule has 0 atom stereocenters. The van der Waals surface area contributed by atoms with Crippen LogP contribution in [0.15, 0.2) is 24.3 Å². The molecule has 0 saturated heterocycles. The molecule has 0 radical (unpaired) electrons. The average Bonchev–Trinajstić information content (AvgIpc) is 2.70. The SMILES string of the molecule is CC(=O)N1CCc2nc(C)nc(-c3ccc(Cl)cc3)c2CC1. The van der Waals surface area contributed by atoms with E-state index in [1.807, 2.05) is 36.1 Å². The molecule has 114 valence electrons. The number of hydrogen-bond acceptors (Lipinski definition) is 3. The third-order valence-corrected chi connectivity index (χ3v) is 4.27. The molecule has 4 nitrogen and oxygen atoms in total. The summed E-state index contributed by atoms with van der Waals surface area (Å²) >= 11 is 5.98. The van der Waals surface area contributed by atoms with Crippen LogP contribution < -0.4 is 0 Å². The fourth-order valence-corrected chi connectivity index (χ4v) is 3.01. The van der Waals surface area contributed by atoms with Gasteiger partial charge in [0, 0.05) is 48.3 Å². The van der Waals surface area contributed by atoms with Crippen LogP contribution in [-0.2, 0) is 17.6 Å². The number of nitrogens with zero attached hydrogens (tertiary/aromatic N) is 3. The molecular weight excluding hydrogens is 298 g/mol. The molecule has 0 N–H and O–H groups in total. The molecule has 0 saturated carbocycles. The van der Waals surface area contributed by atoms with Crippen LogP contribution in [0.5, 0.6) is 0 Å². The van der Waals surface area contributed by atoms with Crippen molar-refractivity contribution in [1.29, 1.82) is 0 Å². The fraction of sp³-hybridized carbons (Fsp3) is 0.353. The van der Waals surface area contributed by atoms with Crippen molar-refractivity contribution in [2.24, 2.45) is 0 Å². The van der Waals surface area contributed by atoms with Crippen LogP contribution in [0.3, 0.4) is 0 Å². The first-order valence-electron chi connectivity index (χ1n) is 7.42. The van der Waals surface area contributed by atoms with Crippen molar-refractivity contribution in [3.63, 3.8) is 0 Å². The van der Waals surface area contributed by atoms with Gasteiger partial charge >= 0.3 is 0 Å². The Morgan fingerprint density at radius 1 is 1.14 bits per heavy atom. The van der Waals surface area contributed by atoms with E-state index in [1.54, 1.807) is 6.92 Å². The Morgan fingerprint density at radius 3 is 2.50 bits per heavy atom. The monoisotopic (exact) mass is 315 g/mol. The summed E-state index contributed by atoms with van der Waals surface area (Å²) in [5.41, 5.74) is 4.21. The van der Waals surface area contributed by atoms with Crippen molar-refractivity contribution in [2.45, 2.75) is 26.7 Å². The van der Waals surface area contributed by atoms with Crippen molar-refractivity contribution in [3.05, 3.63) is 46.4 Å². The zero-order chi connectivity index (χ0) is 15.7. The third kappa shape index (κ3) is 2.97. The van der Waals surface area contributed by atoms with E-state index in [0.29, 0.717) is 5.02 Å². The second-order valence-corrected chi connectivity index (χ2v) is 5.99. The van der Waals surface area contributed by atoms with E-state index in [2.05, 4.69) is 9.97 Å². The number of halogens is 1. The van der Waals surface area contributed by atoms with Crippen molar-refractivity contribution in [3.8, 4) is 11.3 Å². The van der Waals surface area contributed by atoms with Crippen LogP contribution in [0.25, 0.3) is 11.3 Å². The number of aromatic nitrogens is 2. The number of amides is 1. The molecule has 5 heteroatoms. The largest absolute Gasteiger partial charge is 0.342 e. The zero-order valence-electron chi connectivity index (χ0n) is 12.8. The number of rotatable bonds is 1. The van der Waals surface area contributed by atoms with Crippen molar-refractivity contribution < 1.29 is 4.79 Å². The van der Waals surface area contributed by atoms with Gasteiger partial charge in [-0.15, -0.1) is 0 Å². The minimum absolute atomic E-state index is 0.116. The number of benzene rings is 1. The average molecular weight is 316 g/mol. The number of hydrogen-bond donors (Lipinski definition) is 0. The Bertz CT molecular complexity index is 713. The number of carbonyl (C=O) groups excluding carboxylic acids is 1. The summed E-state index contributed by atoms with van der Waals surface area (Å²) in [5.74, 6) is 0.880. The van der Waals surface area contributed by atoms with E-state index in [1.165, 1.54) is 0 Å². The van der Waals surface area contributed by atoms with Crippen LogP contribution >= 0.6 is 11.6 Å². The van der Waals surface area contributed by atoms with Crippen LogP contribution in [0.2, 0.25) is 5.02 Å². The summed E-state index contributed by atoms with van der Waals surface area (Å²) in [6, 6.07) is 7.72. The molecule has 2 aromatic rings. The smallest absolute Gasteiger partial charge is 0.219 e. The van der Waals surface area contributed by atoms with Gasteiger partial charge in [-0.2, -0.15) is 0 Å². The highest BCUT2D eigenvalue weighted by Crippen LogP contribution is 2.27. The lowest BCUT2D eigenvalue weighted by atomic mass is 10.0. The molecule has 0 spiro atoms. The lowest BCUT2D eigenvalue weighted by molar-refractivity contribution is -0.128. The third-order valence-electron chi connectivity index (χ3n) is 4.02. The molecule has 0 unspecified atom stereocenters. The van der Waals surface area contributed by atoms with Gasteiger partial charge in [-0.3, -0.25) is 4.79 Å². The van der Waals surface area contributed by atoms with Crippen molar-refractivity contribution in [2.75, 3.05) is 13.1 Å². The molecule has 22 heavy (non-hydrogen) atoms. The summed E-state index contributed by atoms with van der Waals surface area (Å²) in [5, 5.41) is 0.711. The number of carbonyl (C=O) groups is 1. The maximum Gasteiger partial charge on any atom is 0.219 e. The Hall–Kier alpha value is -1.94. The summed E-state index contributed by atoms with van der Waals surface area (Å²) < 4.78 is 0. The van der Waals surface area contributed by atoms with Gasteiger partial charge in [0.25, 0.3) is 0 Å². The van der Waals surface area contributed by atoms with Gasteiger partial charge in [-0.05, 0) is 25.5 Å². The van der Waals surface area contributed by atoms with Gasteiger partial charge in [-0.25, -0.2) is 9.97 Å². The Labute approximate surface area is 135 Å². The predicted octanol–water partition coefficient (Wildman–Crippen LogP) is 3.05. The van der Waals surface area contributed by atoms with Crippen LogP contribution in [0.4, 0.5) is 0 Å². The van der Waals surface area contributed by atoms with E-state index >= 15 is 0 Å². The van der Waals surface area contributed by atoms with Gasteiger partial charge in [0.1, 0.15) is 5.82 Å². The Balaban J connectivity index is 2.05. The van der Waals surface area contributed by atoms with Crippen molar-refractivity contribution in [1.82, 2.24) is 14.9 Å². The molecule has 1 aliphatic heterocycles. The van der Waals surface area contributed by atoms with E-state index < -0.39 is 0 Å². The maximum absolute atomic E-state index is 11.6. The fourth-order valence-electron chi connectivity index (χ4n) is 2.88. The topological polar surface area (TPSA) is 46.1 Å². The van der Waals surface area contributed by atoms with E-state index in [-0.39, 0.29) is 5.91 Å². The minimum atomic E-state index is 0.116. The molecule has 1 amide bonds. The molecule has 2 heterocycles. The molecule has 1 aliphatic rings. The predicted molar refractivity (Wildman–Crippen MR) is 86.9 cm³/mol. The van der Waals surface area contributed by atoms with E-state index in [9.17, 15) is 4.79 Å². The van der Waals surface area contributed by atoms with E-state index in [0.717, 1.165) is 54.3 Å². The lowest BCUT2D eigenvalue weighted by Crippen LogP contribution is -2.31. The summed E-state index contributed by atoms with van der Waals surface area (Å²) in [6.07, 6.45) is 1.56. The number of aryl methyl sites for hydroxylation is 1. The molecule has 1 aromatic carbocycles. The Kier molecular flexibility index (Phi) is 4.12. The van der Waals surface area contributed by atoms with Gasteiger partial charge in [-0.1, -0.05) is 23.7 Å². The lowest BCUT2D eigenvalue weighted by Gasteiger charge is -2.17. The molecule has 0 aliphatic carbocycles. The molecule has 3 rings (SSSR count). The summed E-state index contributed by atoms with van der Waals surface area (Å²) in [4.78, 5) is 22.8. The molecular formula is C17H18ClN3O. The van der Waals surface area contributed by atoms with Gasteiger partial charge in [0.05, 0.1) is 5.69 Å². The molecule has 0 bridgehead atoms. The van der Waals surface area contributed by atoms with Crippen LogP contribution in [-0.4, -0.2) is 33.9 Å². The standard InChI is InChI=1S/C17H18ClN3O/c1-11-19-16-8-10-21(12(2)22)9-7-15(16)17(20-11)13-3-5-14(18)6-4-13/h3-6H,7-10H2,1-2H3. The van der Waals surface area contributed by atoms with Gasteiger partial charge in [0.15, 0.2) is 0 Å². The minimum Gasteiger partial charge on any atom is -0.342 e. The van der Waals surface area contributed by atoms with Crippen molar-refractivity contribution >= 4 is 17.5 Å². The van der Waals surface area contributed by atoms with E-state index in [4.69, 9.17) is 11.6 Å². The zero-order valence-corrected chi connectivity index (χ0v) is 13.5. The maximum atomic E-state index is 11.6. The van der Waals surface area contributed by atoms with Gasteiger partial charge < -0.3 is 4.90 Å². The second-order valence-electron chi connectivity index (χ2n) is 5.56. The van der Waals surface area contributed by atoms with Crippen LogP contribution in [0, 0.1) is 6.92 Å². The van der Waals surface area contributed by atoms with Crippen LogP contribution in [0.1, 0.15) is 24.0 Å². The van der Waals surface area contributed by atoms with Gasteiger partial charge in [0.2, 0.25) is 5.91 Å². The quantitative estimate of drug-likeness (QED) is 0.812. The molecule has 1 aromatic heterocycles. The highest BCUT2D eigenvalue weighted by molar-refractivity contribution is 6.30. The Morgan fingerprint density at radius 2 is 1.82 bits per heavy atom. The highest BCUT2D eigenvalue weighted by atomic mass is 35.5. The first-order valence-corrected chi connectivity index (χ1v) is 7.80. The normalized spacial score (nSPS) is 14.4. The second kappa shape index (κ2) is 6.05. The molecule has 0 fully saturated rings. The summed E-state index contributed by atoms with van der Waals surface area (Å²) in [7, 11) is 0. The number of fused-ring (bicyclic) bond motifs is 1. The summed E-state index contributed by atoms with van der Waals surface area (Å²) in [6.45, 7) is 4.97. The first kappa shape index (κ1) is 15.0. The highest BCUT2D eigenvalue weighted by Gasteiger charge is 2.21. The first-order chi connectivity index (χ1) is 10.5.